The fourth-order valence-corrected chi connectivity index (χ4v) is 7.60. The summed E-state index contributed by atoms with van der Waals surface area (Å²) in [5.74, 6) is 1.50. The molecule has 1 amide bonds. The van der Waals surface area contributed by atoms with Crippen molar-refractivity contribution < 1.29 is 37.1 Å². The Hall–Kier alpha value is -2.72. The van der Waals surface area contributed by atoms with Gasteiger partial charge in [-0.15, -0.1) is 0 Å². The van der Waals surface area contributed by atoms with E-state index in [2.05, 4.69) is 5.32 Å². The molecule has 0 bridgehead atoms. The number of halogens is 1. The van der Waals surface area contributed by atoms with Crippen LogP contribution in [-0.4, -0.2) is 43.7 Å². The van der Waals surface area contributed by atoms with Gasteiger partial charge >= 0.3 is 13.9 Å². The molecule has 0 aromatic heterocycles. The first-order chi connectivity index (χ1) is 23.3. The van der Waals surface area contributed by atoms with Crippen molar-refractivity contribution in [2.24, 2.45) is 0 Å². The molecule has 1 atom stereocenters. The number of carbonyl (C=O) groups excluding carboxylic acids is 1. The average Bonchev–Trinajstić information content (AvgIpc) is 3.03. The van der Waals surface area contributed by atoms with Crippen molar-refractivity contribution in [2.45, 2.75) is 102 Å². The van der Waals surface area contributed by atoms with E-state index >= 15 is 0 Å². The van der Waals surface area contributed by atoms with Crippen LogP contribution in [0.5, 0.6) is 11.5 Å². The molecule has 12 heteroatoms. The highest BCUT2D eigenvalue weighted by atomic mass is 35.5. The molecule has 0 spiro atoms. The van der Waals surface area contributed by atoms with Crippen LogP contribution in [0.2, 0.25) is 5.02 Å². The van der Waals surface area contributed by atoms with E-state index in [1.165, 1.54) is 11.8 Å². The summed E-state index contributed by atoms with van der Waals surface area (Å²) < 4.78 is 47.4. The van der Waals surface area contributed by atoms with Gasteiger partial charge in [0, 0.05) is 9.92 Å². The molecule has 270 valence electrons. The van der Waals surface area contributed by atoms with Gasteiger partial charge in [-0.1, -0.05) is 73.1 Å². The Morgan fingerprint density at radius 3 is 2.18 bits per heavy atom. The summed E-state index contributed by atoms with van der Waals surface area (Å²) in [4.78, 5) is 14.9. The number of nitrogens with one attached hydrogen (secondary N) is 1. The molecule has 0 aliphatic rings. The van der Waals surface area contributed by atoms with E-state index in [-0.39, 0.29) is 19.8 Å². The van der Waals surface area contributed by atoms with Crippen LogP contribution >= 0.6 is 31.2 Å². The van der Waals surface area contributed by atoms with Gasteiger partial charge < -0.3 is 19.5 Å². The van der Waals surface area contributed by atoms with Gasteiger partial charge in [0.2, 0.25) is 0 Å². The third-order valence-electron chi connectivity index (χ3n) is 7.16. The predicted molar refractivity (Wildman–Crippen MR) is 196 cm³/mol. The largest absolute Gasteiger partial charge is 0.494 e. The summed E-state index contributed by atoms with van der Waals surface area (Å²) >= 11 is 8.43. The van der Waals surface area contributed by atoms with Crippen molar-refractivity contribution in [3.8, 4) is 11.5 Å². The van der Waals surface area contributed by atoms with Gasteiger partial charge in [0.25, 0.3) is 0 Å². The molecule has 0 radical (unpaired) electrons. The van der Waals surface area contributed by atoms with Gasteiger partial charge in [-0.25, -0.2) is 9.36 Å². The summed E-state index contributed by atoms with van der Waals surface area (Å²) in [6, 6.07) is 21.7. The predicted octanol–water partition coefficient (Wildman–Crippen LogP) is 10.7. The molecule has 49 heavy (non-hydrogen) atoms. The molecule has 1 N–H and O–H groups in total. The molecule has 0 aliphatic heterocycles. The monoisotopic (exact) mass is 735 g/mol. The zero-order chi connectivity index (χ0) is 35.9. The number of carbonyl (C=O) groups is 1. The summed E-state index contributed by atoms with van der Waals surface area (Å²) in [6.07, 6.45) is 1.58. The van der Waals surface area contributed by atoms with Crippen LogP contribution in [0.25, 0.3) is 0 Å². The number of hydrogen-bond acceptors (Lipinski definition) is 9. The van der Waals surface area contributed by atoms with E-state index in [9.17, 15) is 9.36 Å². The Labute approximate surface area is 301 Å². The zero-order valence-electron chi connectivity index (χ0n) is 29.7. The lowest BCUT2D eigenvalue weighted by atomic mass is 9.87. The summed E-state index contributed by atoms with van der Waals surface area (Å²) in [6.45, 7) is 14.0. The smallest absolute Gasteiger partial charge is 0.474 e. The van der Waals surface area contributed by atoms with Gasteiger partial charge in [-0.2, -0.15) is 0 Å². The van der Waals surface area contributed by atoms with Crippen molar-refractivity contribution in [3.05, 3.63) is 82.9 Å². The number of hydrogen-bond donors (Lipinski definition) is 1. The van der Waals surface area contributed by atoms with Crippen LogP contribution in [0.4, 0.5) is 4.79 Å². The first-order valence-electron chi connectivity index (χ1n) is 16.8. The van der Waals surface area contributed by atoms with Crippen molar-refractivity contribution in [1.29, 1.82) is 0 Å². The van der Waals surface area contributed by atoms with E-state index in [0.717, 1.165) is 32.4 Å². The average molecular weight is 736 g/mol. The molecule has 3 aromatic carbocycles. The van der Waals surface area contributed by atoms with E-state index < -0.39 is 25.1 Å². The van der Waals surface area contributed by atoms with Crippen molar-refractivity contribution >= 4 is 37.3 Å². The number of rotatable bonds is 20. The zero-order valence-corrected chi connectivity index (χ0v) is 32.2. The van der Waals surface area contributed by atoms with Gasteiger partial charge in [-0.05, 0) is 102 Å². The fraction of sp³-hybridized carbons (Fsp3) is 0.486. The molecule has 0 heterocycles. The molecule has 0 aliphatic carbocycles. The summed E-state index contributed by atoms with van der Waals surface area (Å²) in [7, 11) is -3.84. The Morgan fingerprint density at radius 1 is 0.857 bits per heavy atom. The van der Waals surface area contributed by atoms with Crippen molar-refractivity contribution in [2.75, 3.05) is 26.4 Å². The molecule has 0 unspecified atom stereocenters. The minimum absolute atomic E-state index is 0.106. The Kier molecular flexibility index (Phi) is 16.3. The summed E-state index contributed by atoms with van der Waals surface area (Å²) in [5, 5.41) is 3.61. The maximum atomic E-state index is 13.2. The molecule has 0 saturated heterocycles. The van der Waals surface area contributed by atoms with E-state index in [0.29, 0.717) is 43.9 Å². The normalized spacial score (nSPS) is 13.1. The second kappa shape index (κ2) is 19.6. The molecule has 3 rings (SSSR count). The van der Waals surface area contributed by atoms with Crippen LogP contribution in [0.3, 0.4) is 0 Å². The number of ether oxygens (including phenoxy) is 3. The van der Waals surface area contributed by atoms with E-state index in [4.69, 9.17) is 39.4 Å². The third-order valence-corrected chi connectivity index (χ3v) is 10.1. The number of alkyl carbamates (subject to hydrolysis) is 1. The second-order valence-corrected chi connectivity index (χ2v) is 15.6. The van der Waals surface area contributed by atoms with Crippen LogP contribution in [0.15, 0.2) is 76.5 Å². The molecular weight excluding hydrogens is 685 g/mol. The molecule has 9 nitrogen and oxygen atoms in total. The van der Waals surface area contributed by atoms with E-state index in [1.807, 2.05) is 80.6 Å². The number of amides is 1. The molecule has 3 aromatic rings. The van der Waals surface area contributed by atoms with Crippen LogP contribution in [0.1, 0.15) is 78.9 Å². The first-order valence-corrected chi connectivity index (χ1v) is 19.4. The lowest BCUT2D eigenvalue weighted by molar-refractivity contribution is 0.0334. The lowest BCUT2D eigenvalue weighted by Gasteiger charge is -2.36. The minimum Gasteiger partial charge on any atom is -0.494 e. The minimum atomic E-state index is -3.84. The lowest BCUT2D eigenvalue weighted by Crippen LogP contribution is -2.53. The first kappa shape index (κ1) is 40.7. The fourth-order valence-electron chi connectivity index (χ4n) is 5.03. The number of benzene rings is 3. The van der Waals surface area contributed by atoms with Gasteiger partial charge in [0.05, 0.1) is 36.9 Å². The maximum Gasteiger partial charge on any atom is 0.474 e. The van der Waals surface area contributed by atoms with Gasteiger partial charge in [-0.3, -0.25) is 13.6 Å². The Morgan fingerprint density at radius 2 is 1.57 bits per heavy atom. The molecular formula is C37H51ClNO8PS. The van der Waals surface area contributed by atoms with Gasteiger partial charge in [0.1, 0.15) is 23.7 Å². The SMILES string of the molecule is CCC[C@](CCc1ccc(Sc2cc(OCC)ccc2OCc2ccccc2)cc1Cl)(COP(=O)(OCC)OCC)NC(=O)OC(C)(C)C. The van der Waals surface area contributed by atoms with Gasteiger partial charge in [0.15, 0.2) is 0 Å². The van der Waals surface area contributed by atoms with Crippen LogP contribution < -0.4 is 14.8 Å². The van der Waals surface area contributed by atoms with Crippen molar-refractivity contribution in [1.82, 2.24) is 5.32 Å². The quantitative estimate of drug-likeness (QED) is 0.114. The maximum absolute atomic E-state index is 13.2. The number of phosphoric ester groups is 1. The van der Waals surface area contributed by atoms with Crippen LogP contribution in [0, 0.1) is 0 Å². The highest BCUT2D eigenvalue weighted by Crippen LogP contribution is 2.50. The standard InChI is InChI=1S/C37H51ClNO8PS/c1-8-22-37(39-35(40)47-36(5,6)7,27-46-48(41,44-10-3)45-11-4)23-21-29-17-19-31(25-32(29)38)49-34-24-30(42-9-2)18-20-33(34)43-26-28-15-13-12-14-16-28/h12-20,24-25H,8-11,21-23,26-27H2,1-7H3,(H,39,40)/t37-/m0/s1. The number of aryl methyl sites for hydroxylation is 1. The topological polar surface area (TPSA) is 102 Å². The Balaban J connectivity index is 1.84. The third kappa shape index (κ3) is 13.8. The molecule has 0 fully saturated rings. The van der Waals surface area contributed by atoms with Crippen LogP contribution in [-0.2, 0) is 35.9 Å². The summed E-state index contributed by atoms with van der Waals surface area (Å²) in [5.41, 5.74) is 0.311. The van der Waals surface area contributed by atoms with Crippen molar-refractivity contribution in [3.63, 3.8) is 0 Å². The molecule has 0 saturated carbocycles. The highest BCUT2D eigenvalue weighted by Gasteiger charge is 2.37. The highest BCUT2D eigenvalue weighted by molar-refractivity contribution is 7.99. The Bertz CT molecular complexity index is 1510. The van der Waals surface area contributed by atoms with E-state index in [1.54, 1.807) is 34.6 Å². The number of phosphoric acid groups is 1. The second-order valence-electron chi connectivity index (χ2n) is 12.4.